The number of benzene rings is 2. The first-order valence-corrected chi connectivity index (χ1v) is 8.58. The van der Waals surface area contributed by atoms with Crippen molar-refractivity contribution in [1.29, 1.82) is 0 Å². The number of nitrogens with zero attached hydrogens (tertiary/aromatic N) is 3. The molecule has 0 aliphatic rings. The molecule has 0 bridgehead atoms. The lowest BCUT2D eigenvalue weighted by Crippen LogP contribution is -2.29. The van der Waals surface area contributed by atoms with Crippen LogP contribution in [0.4, 0.5) is 5.69 Å². The molecule has 0 unspecified atom stereocenters. The molecule has 0 radical (unpaired) electrons. The Morgan fingerprint density at radius 2 is 1.96 bits per heavy atom. The van der Waals surface area contributed by atoms with Crippen LogP contribution in [0.2, 0.25) is 0 Å². The van der Waals surface area contributed by atoms with Gasteiger partial charge in [-0.3, -0.25) is 4.79 Å². The molecule has 2 aromatic rings. The molecule has 2 rings (SSSR count). The minimum absolute atomic E-state index is 0.154. The number of carbonyl (C=O) groups excluding carboxylic acids is 1. The number of oxime groups is 2. The number of likely N-dealkylation sites (N-methyl/N-ethyl adjacent to an activating group) is 1. The third-order valence-corrected chi connectivity index (χ3v) is 4.09. The molecule has 0 aliphatic carbocycles. The summed E-state index contributed by atoms with van der Waals surface area (Å²) >= 11 is 0. The van der Waals surface area contributed by atoms with Gasteiger partial charge in [-0.25, -0.2) is 4.85 Å². The molecule has 0 saturated heterocycles. The van der Waals surface area contributed by atoms with E-state index in [0.29, 0.717) is 17.0 Å². The van der Waals surface area contributed by atoms with Gasteiger partial charge < -0.3 is 15.0 Å². The van der Waals surface area contributed by atoms with E-state index in [1.54, 1.807) is 24.3 Å². The molecule has 0 aromatic heterocycles. The lowest BCUT2D eigenvalue weighted by Gasteiger charge is -2.13. The summed E-state index contributed by atoms with van der Waals surface area (Å²) in [6.07, 6.45) is 0. The first-order chi connectivity index (χ1) is 13.5. The van der Waals surface area contributed by atoms with Crippen LogP contribution >= 0.6 is 0 Å². The Bertz CT molecular complexity index is 958. The minimum atomic E-state index is -0.357. The Morgan fingerprint density at radius 3 is 2.64 bits per heavy atom. The molecule has 0 atom stereocenters. The van der Waals surface area contributed by atoms with Crippen molar-refractivity contribution in [2.24, 2.45) is 10.3 Å². The summed E-state index contributed by atoms with van der Waals surface area (Å²) in [5.41, 5.74) is 4.51. The Balaban J connectivity index is 2.28. The maximum Gasteiger partial charge on any atom is 0.273 e. The predicted octanol–water partition coefficient (Wildman–Crippen LogP) is 3.58. The van der Waals surface area contributed by atoms with E-state index in [1.807, 2.05) is 32.0 Å². The third kappa shape index (κ3) is 4.95. The summed E-state index contributed by atoms with van der Waals surface area (Å²) in [6.45, 7) is 11.0. The van der Waals surface area contributed by atoms with Crippen LogP contribution in [0.5, 0.6) is 0 Å². The summed E-state index contributed by atoms with van der Waals surface area (Å²) in [6, 6.07) is 12.7. The smallest absolute Gasteiger partial charge is 0.273 e. The molecule has 1 N–H and O–H groups in total. The van der Waals surface area contributed by atoms with Crippen LogP contribution in [0.25, 0.3) is 4.85 Å². The number of hydrogen-bond acceptors (Lipinski definition) is 5. The Hall–Kier alpha value is -3.66. The second-order valence-electron chi connectivity index (χ2n) is 5.91. The highest BCUT2D eigenvalue weighted by Gasteiger charge is 2.19. The molecular formula is C21H22N4O3. The van der Waals surface area contributed by atoms with Gasteiger partial charge in [0.2, 0.25) is 0 Å². The second kappa shape index (κ2) is 9.88. The molecule has 0 spiro atoms. The normalized spacial score (nSPS) is 11.5. The quantitative estimate of drug-likeness (QED) is 0.454. The molecule has 1 amide bonds. The lowest BCUT2D eigenvalue weighted by molar-refractivity contribution is -0.114. The highest BCUT2D eigenvalue weighted by Crippen LogP contribution is 2.18. The molecule has 0 saturated carbocycles. The number of aryl methyl sites for hydroxylation is 1. The zero-order chi connectivity index (χ0) is 20.5. The number of carbonyl (C=O) groups is 1. The summed E-state index contributed by atoms with van der Waals surface area (Å²) in [5, 5.41) is 10.6. The van der Waals surface area contributed by atoms with Crippen molar-refractivity contribution in [2.45, 2.75) is 20.5 Å². The highest BCUT2D eigenvalue weighted by atomic mass is 16.6. The van der Waals surface area contributed by atoms with E-state index in [9.17, 15) is 4.79 Å². The zero-order valence-electron chi connectivity index (χ0n) is 16.3. The van der Waals surface area contributed by atoms with Crippen LogP contribution in [-0.4, -0.2) is 31.5 Å². The molecule has 7 nitrogen and oxygen atoms in total. The van der Waals surface area contributed by atoms with Crippen molar-refractivity contribution in [1.82, 2.24) is 5.32 Å². The average molecular weight is 378 g/mol. The third-order valence-electron chi connectivity index (χ3n) is 4.09. The van der Waals surface area contributed by atoms with Gasteiger partial charge >= 0.3 is 0 Å². The van der Waals surface area contributed by atoms with E-state index in [2.05, 4.69) is 20.5 Å². The number of rotatable bonds is 7. The molecule has 0 heterocycles. The maximum atomic E-state index is 12.2. The molecule has 7 heteroatoms. The molecular weight excluding hydrogens is 356 g/mol. The molecule has 144 valence electrons. The van der Waals surface area contributed by atoms with Gasteiger partial charge in [0.25, 0.3) is 5.91 Å². The average Bonchev–Trinajstić information content (AvgIpc) is 2.72. The molecule has 0 fully saturated rings. The van der Waals surface area contributed by atoms with Crippen molar-refractivity contribution in [3.63, 3.8) is 0 Å². The minimum Gasteiger partial charge on any atom is -0.398 e. The van der Waals surface area contributed by atoms with E-state index in [1.165, 1.54) is 14.2 Å². The topological polar surface area (TPSA) is 76.6 Å². The van der Waals surface area contributed by atoms with E-state index in [-0.39, 0.29) is 18.2 Å². The maximum absolute atomic E-state index is 12.2. The summed E-state index contributed by atoms with van der Waals surface area (Å²) in [5.74, 6) is -0.357. The highest BCUT2D eigenvalue weighted by molar-refractivity contribution is 6.45. The van der Waals surface area contributed by atoms with Crippen molar-refractivity contribution >= 4 is 23.0 Å². The van der Waals surface area contributed by atoms with Crippen LogP contribution < -0.4 is 5.32 Å². The van der Waals surface area contributed by atoms with Crippen LogP contribution in [0.1, 0.15) is 29.2 Å². The van der Waals surface area contributed by atoms with Crippen LogP contribution in [0.3, 0.4) is 0 Å². The van der Waals surface area contributed by atoms with E-state index >= 15 is 0 Å². The van der Waals surface area contributed by atoms with Crippen LogP contribution in [0.15, 0.2) is 52.8 Å². The SMILES string of the molecule is [C-]#[N+]c1cccc(/C(C)=N/OCc2c(C)cccc2/C(=N\OC)C(=O)NC)c1. The Labute approximate surface area is 164 Å². The van der Waals surface area contributed by atoms with E-state index in [4.69, 9.17) is 16.2 Å². The van der Waals surface area contributed by atoms with Gasteiger partial charge in [-0.15, -0.1) is 0 Å². The van der Waals surface area contributed by atoms with Crippen molar-refractivity contribution in [3.05, 3.63) is 76.1 Å². The van der Waals surface area contributed by atoms with Gasteiger partial charge in [-0.2, -0.15) is 0 Å². The van der Waals surface area contributed by atoms with Crippen molar-refractivity contribution < 1.29 is 14.5 Å². The number of nitrogens with one attached hydrogen (secondary N) is 1. The Morgan fingerprint density at radius 1 is 1.21 bits per heavy atom. The lowest BCUT2D eigenvalue weighted by atomic mass is 9.98. The van der Waals surface area contributed by atoms with Gasteiger partial charge in [0.1, 0.15) is 13.7 Å². The van der Waals surface area contributed by atoms with Crippen LogP contribution in [0, 0.1) is 13.5 Å². The van der Waals surface area contributed by atoms with E-state index in [0.717, 1.165) is 16.7 Å². The zero-order valence-corrected chi connectivity index (χ0v) is 16.3. The number of hydrogen-bond donors (Lipinski definition) is 1. The standard InChI is InChI=1S/C21H22N4O3/c1-14-8-6-11-18(20(25-27-5)21(26)23-4)19(14)13-28-24-15(2)16-9-7-10-17(12-16)22-3/h6-12H,13H2,1-2,4-5H3,(H,23,26)/b24-15+,25-20+. The van der Waals surface area contributed by atoms with Crippen molar-refractivity contribution in [2.75, 3.05) is 14.2 Å². The monoisotopic (exact) mass is 378 g/mol. The van der Waals surface area contributed by atoms with Gasteiger partial charge in [-0.05, 0) is 31.0 Å². The first-order valence-electron chi connectivity index (χ1n) is 8.58. The fourth-order valence-electron chi connectivity index (χ4n) is 2.59. The predicted molar refractivity (Wildman–Crippen MR) is 108 cm³/mol. The number of amides is 1. The largest absolute Gasteiger partial charge is 0.398 e. The van der Waals surface area contributed by atoms with Gasteiger partial charge in [0, 0.05) is 18.2 Å². The molecule has 28 heavy (non-hydrogen) atoms. The fourth-order valence-corrected chi connectivity index (χ4v) is 2.59. The molecule has 0 aliphatic heterocycles. The summed E-state index contributed by atoms with van der Waals surface area (Å²) in [7, 11) is 2.92. The van der Waals surface area contributed by atoms with Gasteiger partial charge in [0.05, 0.1) is 12.3 Å². The Kier molecular flexibility index (Phi) is 7.28. The van der Waals surface area contributed by atoms with Gasteiger partial charge in [0.15, 0.2) is 11.4 Å². The van der Waals surface area contributed by atoms with Crippen molar-refractivity contribution in [3.8, 4) is 0 Å². The first kappa shape index (κ1) is 20.6. The van der Waals surface area contributed by atoms with Crippen LogP contribution in [-0.2, 0) is 21.1 Å². The fraction of sp³-hybridized carbons (Fsp3) is 0.238. The van der Waals surface area contributed by atoms with E-state index < -0.39 is 0 Å². The summed E-state index contributed by atoms with van der Waals surface area (Å²) in [4.78, 5) is 26.0. The second-order valence-corrected chi connectivity index (χ2v) is 5.91. The summed E-state index contributed by atoms with van der Waals surface area (Å²) < 4.78 is 0. The molecule has 2 aromatic carbocycles. The van der Waals surface area contributed by atoms with Gasteiger partial charge in [-0.1, -0.05) is 46.7 Å².